The predicted octanol–water partition coefficient (Wildman–Crippen LogP) is 17.5. The summed E-state index contributed by atoms with van der Waals surface area (Å²) < 4.78 is 32.9. The van der Waals surface area contributed by atoms with E-state index in [9.17, 15) is 19.0 Å². The highest BCUT2D eigenvalue weighted by atomic mass is 31.2. The fourth-order valence-corrected chi connectivity index (χ4v) is 7.36. The molecule has 0 aromatic rings. The van der Waals surface area contributed by atoms with Gasteiger partial charge in [0.25, 0.3) is 0 Å². The Labute approximate surface area is 444 Å². The van der Waals surface area contributed by atoms with Gasteiger partial charge >= 0.3 is 19.8 Å². The van der Waals surface area contributed by atoms with Gasteiger partial charge in [0, 0.05) is 19.4 Å². The van der Waals surface area contributed by atoms with Gasteiger partial charge in [-0.25, -0.2) is 4.57 Å². The van der Waals surface area contributed by atoms with Gasteiger partial charge in [-0.3, -0.25) is 18.6 Å². The summed E-state index contributed by atoms with van der Waals surface area (Å²) >= 11 is 0. The van der Waals surface area contributed by atoms with Crippen LogP contribution < -0.4 is 5.73 Å². The molecule has 0 fully saturated rings. The third-order valence-electron chi connectivity index (χ3n) is 10.6. The fourth-order valence-electron chi connectivity index (χ4n) is 6.59. The van der Waals surface area contributed by atoms with Crippen LogP contribution in [0.25, 0.3) is 0 Å². The minimum atomic E-state index is -4.42. The molecule has 2 unspecified atom stereocenters. The van der Waals surface area contributed by atoms with Gasteiger partial charge in [0.15, 0.2) is 6.10 Å². The molecule has 0 spiro atoms. The molecule has 0 rings (SSSR count). The average molecular weight is 1030 g/mol. The second kappa shape index (κ2) is 56.7. The van der Waals surface area contributed by atoms with Crippen LogP contribution in [0.1, 0.15) is 181 Å². The molecule has 73 heavy (non-hydrogen) atoms. The van der Waals surface area contributed by atoms with E-state index in [1.54, 1.807) is 0 Å². The first kappa shape index (κ1) is 68.4. The van der Waals surface area contributed by atoms with E-state index in [1.165, 1.54) is 0 Å². The van der Waals surface area contributed by atoms with Gasteiger partial charge in [-0.15, -0.1) is 0 Å². The molecular formula is C63H98NO8P. The SMILES string of the molecule is CC/C=C\C/C=C\C/C=C\C/C=C\C/C=C\C/C=C\C/C=C\C/C=C\C/C=C\C/C=C\CCCCC(=O)OC(COC(=O)CCCCCCCC/C=C\C/C=C\C/C=C\C/C=C\CC)COP(=O)(O)OCCN. The number of esters is 2. The topological polar surface area (TPSA) is 134 Å². The van der Waals surface area contributed by atoms with E-state index in [4.69, 9.17) is 24.3 Å². The lowest BCUT2D eigenvalue weighted by molar-refractivity contribution is -0.161. The maximum atomic E-state index is 12.7. The fraction of sp³-hybridized carbons (Fsp3) is 0.524. The van der Waals surface area contributed by atoms with Crippen molar-refractivity contribution in [3.8, 4) is 0 Å². The molecular weight excluding hydrogens is 930 g/mol. The number of rotatable bonds is 49. The highest BCUT2D eigenvalue weighted by Crippen LogP contribution is 2.43. The summed E-state index contributed by atoms with van der Waals surface area (Å²) in [5.41, 5.74) is 5.37. The Hall–Kier alpha value is -4.63. The number of unbranched alkanes of at least 4 members (excludes halogenated alkanes) is 8. The first-order valence-electron chi connectivity index (χ1n) is 27.6. The molecule has 0 aliphatic rings. The average Bonchev–Trinajstić information content (AvgIpc) is 3.38. The van der Waals surface area contributed by atoms with Gasteiger partial charge in [0.05, 0.1) is 13.2 Å². The van der Waals surface area contributed by atoms with E-state index in [-0.39, 0.29) is 32.6 Å². The number of hydrogen-bond donors (Lipinski definition) is 2. The van der Waals surface area contributed by atoms with Gasteiger partial charge < -0.3 is 20.1 Å². The number of ether oxygens (including phenoxy) is 2. The zero-order valence-electron chi connectivity index (χ0n) is 45.3. The number of hydrogen-bond acceptors (Lipinski definition) is 8. The summed E-state index contributed by atoms with van der Waals surface area (Å²) in [6.07, 6.45) is 84.0. The lowest BCUT2D eigenvalue weighted by Crippen LogP contribution is -2.29. The van der Waals surface area contributed by atoms with E-state index in [2.05, 4.69) is 184 Å². The largest absolute Gasteiger partial charge is 0.472 e. The van der Waals surface area contributed by atoms with E-state index in [0.29, 0.717) is 12.8 Å². The summed E-state index contributed by atoms with van der Waals surface area (Å²) in [7, 11) is -4.42. The van der Waals surface area contributed by atoms with Crippen LogP contribution >= 0.6 is 7.82 Å². The lowest BCUT2D eigenvalue weighted by atomic mass is 10.1. The summed E-state index contributed by atoms with van der Waals surface area (Å²) in [5, 5.41) is 0. The predicted molar refractivity (Wildman–Crippen MR) is 311 cm³/mol. The van der Waals surface area contributed by atoms with Crippen molar-refractivity contribution in [1.29, 1.82) is 0 Å². The van der Waals surface area contributed by atoms with Gasteiger partial charge in [-0.2, -0.15) is 0 Å². The maximum Gasteiger partial charge on any atom is 0.472 e. The molecule has 0 aliphatic heterocycles. The van der Waals surface area contributed by atoms with Gasteiger partial charge in [0.2, 0.25) is 0 Å². The Bertz CT molecular complexity index is 1790. The minimum Gasteiger partial charge on any atom is -0.462 e. The molecule has 0 saturated heterocycles. The quantitative estimate of drug-likeness (QED) is 0.0264. The highest BCUT2D eigenvalue weighted by Gasteiger charge is 2.26. The van der Waals surface area contributed by atoms with E-state index in [0.717, 1.165) is 141 Å². The van der Waals surface area contributed by atoms with Crippen LogP contribution in [0.3, 0.4) is 0 Å². The van der Waals surface area contributed by atoms with Crippen LogP contribution in [0, 0.1) is 0 Å². The Balaban J connectivity index is 4.19. The van der Waals surface area contributed by atoms with E-state index in [1.807, 2.05) is 0 Å². The molecule has 0 heterocycles. The van der Waals surface area contributed by atoms with Crippen LogP contribution in [0.15, 0.2) is 170 Å². The zero-order valence-corrected chi connectivity index (χ0v) is 46.2. The van der Waals surface area contributed by atoms with Crippen molar-refractivity contribution in [3.05, 3.63) is 170 Å². The molecule has 9 nitrogen and oxygen atoms in total. The Morgan fingerprint density at radius 3 is 1.08 bits per heavy atom. The smallest absolute Gasteiger partial charge is 0.462 e. The second-order valence-corrected chi connectivity index (χ2v) is 18.8. The molecule has 0 bridgehead atoms. The monoisotopic (exact) mass is 1030 g/mol. The minimum absolute atomic E-state index is 0.0335. The number of allylic oxidation sites excluding steroid dienone is 28. The second-order valence-electron chi connectivity index (χ2n) is 17.3. The van der Waals surface area contributed by atoms with Crippen LogP contribution in [0.4, 0.5) is 0 Å². The molecule has 0 aliphatic carbocycles. The lowest BCUT2D eigenvalue weighted by Gasteiger charge is -2.19. The molecule has 0 amide bonds. The van der Waals surface area contributed by atoms with Crippen LogP contribution in [-0.2, 0) is 32.7 Å². The Morgan fingerprint density at radius 2 is 0.712 bits per heavy atom. The first-order valence-corrected chi connectivity index (χ1v) is 29.1. The summed E-state index contributed by atoms with van der Waals surface area (Å²) in [5.74, 6) is -0.913. The van der Waals surface area contributed by atoms with Crippen molar-refractivity contribution in [2.75, 3.05) is 26.4 Å². The van der Waals surface area contributed by atoms with E-state index < -0.39 is 32.5 Å². The van der Waals surface area contributed by atoms with Crippen molar-refractivity contribution in [2.24, 2.45) is 5.73 Å². The normalized spacial score (nSPS) is 14.4. The van der Waals surface area contributed by atoms with Crippen molar-refractivity contribution >= 4 is 19.8 Å². The Kier molecular flexibility index (Phi) is 53.1. The van der Waals surface area contributed by atoms with Gasteiger partial charge in [-0.1, -0.05) is 210 Å². The number of nitrogens with two attached hydrogens (primary N) is 1. The highest BCUT2D eigenvalue weighted by molar-refractivity contribution is 7.47. The number of carbonyl (C=O) groups excluding carboxylic acids is 2. The number of phosphoric acid groups is 1. The van der Waals surface area contributed by atoms with Crippen molar-refractivity contribution < 1.29 is 37.6 Å². The van der Waals surface area contributed by atoms with Crippen LogP contribution in [0.5, 0.6) is 0 Å². The van der Waals surface area contributed by atoms with Crippen LogP contribution in [-0.4, -0.2) is 49.3 Å². The maximum absolute atomic E-state index is 12.7. The standard InChI is InChI=1S/C63H98NO8P/c1-3-5-7-9-11-13-15-17-19-21-23-24-25-26-27-28-29-30-31-32-33-34-35-36-38-40-42-44-46-48-50-52-54-56-63(66)72-61(60-71-73(67,68)70-58-57-64)59-69-62(65)55-53-51-49-47-45-43-41-39-37-22-20-18-16-14-12-10-8-6-4-2/h5-8,11-14,17-20,23-24,26-27,29-30,32-33,35-37,39-40,42,46,48,61H,3-4,9-10,15-16,21-22,25,28,31,34,38,41,43-45,47,49-60,64H2,1-2H3,(H,67,68)/b7-5-,8-6-,13-11-,14-12-,19-17-,20-18-,24-23-,27-26-,30-29-,33-32-,36-35-,39-37-,42-40-,48-46-. The molecule has 2 atom stereocenters. The van der Waals surface area contributed by atoms with Crippen LogP contribution in [0.2, 0.25) is 0 Å². The number of phosphoric ester groups is 1. The molecule has 0 saturated carbocycles. The molecule has 0 radical (unpaired) electrons. The third-order valence-corrected chi connectivity index (χ3v) is 11.6. The van der Waals surface area contributed by atoms with Gasteiger partial charge in [0.1, 0.15) is 6.61 Å². The third kappa shape index (κ3) is 56.5. The van der Waals surface area contributed by atoms with Gasteiger partial charge in [-0.05, 0) is 128 Å². The molecule has 10 heteroatoms. The first-order chi connectivity index (χ1) is 35.8. The molecule has 3 N–H and O–H groups in total. The van der Waals surface area contributed by atoms with E-state index >= 15 is 0 Å². The zero-order chi connectivity index (χ0) is 53.1. The molecule has 0 aromatic carbocycles. The molecule has 408 valence electrons. The summed E-state index contributed by atoms with van der Waals surface area (Å²) in [6, 6.07) is 0. The molecule has 0 aromatic heterocycles. The summed E-state index contributed by atoms with van der Waals surface area (Å²) in [6.45, 7) is 3.41. The van der Waals surface area contributed by atoms with Crippen molar-refractivity contribution in [2.45, 2.75) is 187 Å². The Morgan fingerprint density at radius 1 is 0.411 bits per heavy atom. The van der Waals surface area contributed by atoms with Crippen molar-refractivity contribution in [3.63, 3.8) is 0 Å². The van der Waals surface area contributed by atoms with Crippen molar-refractivity contribution in [1.82, 2.24) is 0 Å². The number of carbonyl (C=O) groups is 2. The summed E-state index contributed by atoms with van der Waals surface area (Å²) in [4.78, 5) is 35.1.